The summed E-state index contributed by atoms with van der Waals surface area (Å²) >= 11 is 0. The molecule has 1 aromatic heterocycles. The maximum atomic E-state index is 10.9. The molecule has 1 aromatic carbocycles. The third-order valence-electron chi connectivity index (χ3n) is 2.46. The first-order valence-electron chi connectivity index (χ1n) is 5.44. The van der Waals surface area contributed by atoms with E-state index in [0.717, 1.165) is 30.5 Å². The highest BCUT2D eigenvalue weighted by Crippen LogP contribution is 2.12. The van der Waals surface area contributed by atoms with Gasteiger partial charge in [-0.25, -0.2) is 4.68 Å². The molecule has 0 aliphatic carbocycles. The molecule has 0 amide bonds. The fraction of sp³-hybridized carbons (Fsp3) is 0.231. The Kier molecular flexibility index (Phi) is 3.15. The van der Waals surface area contributed by atoms with E-state index in [1.54, 1.807) is 10.9 Å². The van der Waals surface area contributed by atoms with Gasteiger partial charge >= 0.3 is 0 Å². The first-order chi connectivity index (χ1) is 7.85. The maximum Gasteiger partial charge on any atom is 0.153 e. The van der Waals surface area contributed by atoms with Gasteiger partial charge in [-0.2, -0.15) is 5.10 Å². The maximum absolute atomic E-state index is 10.9. The number of para-hydroxylation sites is 1. The van der Waals surface area contributed by atoms with Crippen LogP contribution in [0.4, 0.5) is 0 Å². The van der Waals surface area contributed by atoms with E-state index in [4.69, 9.17) is 0 Å². The van der Waals surface area contributed by atoms with E-state index in [2.05, 4.69) is 12.0 Å². The van der Waals surface area contributed by atoms with Crippen LogP contribution < -0.4 is 0 Å². The van der Waals surface area contributed by atoms with Crippen LogP contribution in [0.25, 0.3) is 5.69 Å². The van der Waals surface area contributed by atoms with Crippen molar-refractivity contribution in [2.45, 2.75) is 19.8 Å². The van der Waals surface area contributed by atoms with Gasteiger partial charge in [0.1, 0.15) is 0 Å². The molecule has 0 unspecified atom stereocenters. The fourth-order valence-electron chi connectivity index (χ4n) is 1.67. The number of aryl methyl sites for hydroxylation is 1. The van der Waals surface area contributed by atoms with E-state index in [0.29, 0.717) is 5.56 Å². The standard InChI is InChI=1S/C13H14N2O/c1-2-6-13-11(10-16)9-15(14-13)12-7-4-3-5-8-12/h3-5,7-10H,2,6H2,1H3. The molecule has 82 valence electrons. The summed E-state index contributed by atoms with van der Waals surface area (Å²) in [6.07, 6.45) is 4.49. The van der Waals surface area contributed by atoms with Crippen molar-refractivity contribution < 1.29 is 4.79 Å². The summed E-state index contributed by atoms with van der Waals surface area (Å²) in [6, 6.07) is 9.81. The smallest absolute Gasteiger partial charge is 0.153 e. The molecule has 0 spiro atoms. The van der Waals surface area contributed by atoms with Gasteiger partial charge in [-0.15, -0.1) is 0 Å². The van der Waals surface area contributed by atoms with Gasteiger partial charge in [0.15, 0.2) is 6.29 Å². The molecule has 0 aliphatic rings. The zero-order valence-corrected chi connectivity index (χ0v) is 9.26. The molecule has 0 saturated carbocycles. The first-order valence-corrected chi connectivity index (χ1v) is 5.44. The van der Waals surface area contributed by atoms with Crippen molar-refractivity contribution in [2.24, 2.45) is 0 Å². The topological polar surface area (TPSA) is 34.9 Å². The number of carbonyl (C=O) groups is 1. The Labute approximate surface area is 94.7 Å². The minimum Gasteiger partial charge on any atom is -0.298 e. The summed E-state index contributed by atoms with van der Waals surface area (Å²) < 4.78 is 1.76. The van der Waals surface area contributed by atoms with E-state index < -0.39 is 0 Å². The Morgan fingerprint density at radius 3 is 2.69 bits per heavy atom. The zero-order chi connectivity index (χ0) is 11.4. The van der Waals surface area contributed by atoms with Crippen LogP contribution in [0.1, 0.15) is 29.4 Å². The lowest BCUT2D eigenvalue weighted by Crippen LogP contribution is -1.95. The predicted molar refractivity (Wildman–Crippen MR) is 62.9 cm³/mol. The Morgan fingerprint density at radius 1 is 1.31 bits per heavy atom. The van der Waals surface area contributed by atoms with Crippen LogP contribution in [-0.2, 0) is 6.42 Å². The summed E-state index contributed by atoms with van der Waals surface area (Å²) in [5.74, 6) is 0. The zero-order valence-electron chi connectivity index (χ0n) is 9.26. The van der Waals surface area contributed by atoms with Crippen molar-refractivity contribution in [3.8, 4) is 5.69 Å². The normalized spacial score (nSPS) is 10.3. The Morgan fingerprint density at radius 2 is 2.06 bits per heavy atom. The summed E-state index contributed by atoms with van der Waals surface area (Å²) in [5.41, 5.74) is 2.54. The average molecular weight is 214 g/mol. The molecule has 0 aliphatic heterocycles. The minimum absolute atomic E-state index is 0.686. The quantitative estimate of drug-likeness (QED) is 0.733. The molecule has 0 radical (unpaired) electrons. The number of hydrogen-bond donors (Lipinski definition) is 0. The molecular formula is C13H14N2O. The molecular weight excluding hydrogens is 200 g/mol. The third kappa shape index (κ3) is 2.03. The van der Waals surface area contributed by atoms with E-state index >= 15 is 0 Å². The van der Waals surface area contributed by atoms with Crippen molar-refractivity contribution in [3.63, 3.8) is 0 Å². The summed E-state index contributed by atoms with van der Waals surface area (Å²) in [7, 11) is 0. The third-order valence-corrected chi connectivity index (χ3v) is 2.46. The molecule has 3 heteroatoms. The molecule has 0 fully saturated rings. The number of rotatable bonds is 4. The van der Waals surface area contributed by atoms with Crippen LogP contribution in [0, 0.1) is 0 Å². The number of benzene rings is 1. The predicted octanol–water partition coefficient (Wildman–Crippen LogP) is 2.64. The van der Waals surface area contributed by atoms with Gasteiger partial charge in [0.05, 0.1) is 16.9 Å². The second kappa shape index (κ2) is 4.75. The SMILES string of the molecule is CCCc1nn(-c2ccccc2)cc1C=O. The number of nitrogens with zero attached hydrogens (tertiary/aromatic N) is 2. The highest BCUT2D eigenvalue weighted by molar-refractivity contribution is 5.76. The average Bonchev–Trinajstić information content (AvgIpc) is 2.74. The van der Waals surface area contributed by atoms with Gasteiger partial charge in [-0.1, -0.05) is 31.5 Å². The number of aromatic nitrogens is 2. The summed E-state index contributed by atoms with van der Waals surface area (Å²) in [4.78, 5) is 10.9. The molecule has 2 rings (SSSR count). The molecule has 0 bridgehead atoms. The van der Waals surface area contributed by atoms with Crippen LogP contribution in [-0.4, -0.2) is 16.1 Å². The van der Waals surface area contributed by atoms with Crippen LogP contribution >= 0.6 is 0 Å². The summed E-state index contributed by atoms with van der Waals surface area (Å²) in [6.45, 7) is 2.08. The Balaban J connectivity index is 2.40. The van der Waals surface area contributed by atoms with Gasteiger partial charge in [0.2, 0.25) is 0 Å². The molecule has 3 nitrogen and oxygen atoms in total. The van der Waals surface area contributed by atoms with Crippen molar-refractivity contribution in [2.75, 3.05) is 0 Å². The first kappa shape index (κ1) is 10.6. The van der Waals surface area contributed by atoms with E-state index in [1.807, 2.05) is 30.3 Å². The molecule has 16 heavy (non-hydrogen) atoms. The van der Waals surface area contributed by atoms with Gasteiger partial charge < -0.3 is 0 Å². The van der Waals surface area contributed by atoms with Crippen molar-refractivity contribution >= 4 is 6.29 Å². The molecule has 0 atom stereocenters. The van der Waals surface area contributed by atoms with Gasteiger partial charge in [0.25, 0.3) is 0 Å². The molecule has 2 aromatic rings. The lowest BCUT2D eigenvalue weighted by molar-refractivity contribution is 0.112. The monoisotopic (exact) mass is 214 g/mol. The van der Waals surface area contributed by atoms with Gasteiger partial charge in [0, 0.05) is 6.20 Å². The second-order valence-electron chi connectivity index (χ2n) is 3.68. The van der Waals surface area contributed by atoms with Crippen LogP contribution in [0.2, 0.25) is 0 Å². The number of aldehydes is 1. The minimum atomic E-state index is 0.686. The fourth-order valence-corrected chi connectivity index (χ4v) is 1.67. The lowest BCUT2D eigenvalue weighted by Gasteiger charge is -1.99. The highest BCUT2D eigenvalue weighted by atomic mass is 16.1. The Hall–Kier alpha value is -1.90. The summed E-state index contributed by atoms with van der Waals surface area (Å²) in [5, 5.41) is 4.43. The number of hydrogen-bond acceptors (Lipinski definition) is 2. The molecule has 0 N–H and O–H groups in total. The number of carbonyl (C=O) groups excluding carboxylic acids is 1. The van der Waals surface area contributed by atoms with Crippen LogP contribution in [0.5, 0.6) is 0 Å². The lowest BCUT2D eigenvalue weighted by atomic mass is 10.2. The van der Waals surface area contributed by atoms with Crippen LogP contribution in [0.3, 0.4) is 0 Å². The largest absolute Gasteiger partial charge is 0.298 e. The molecule has 1 heterocycles. The Bertz CT molecular complexity index is 474. The van der Waals surface area contributed by atoms with Crippen molar-refractivity contribution in [3.05, 3.63) is 47.8 Å². The van der Waals surface area contributed by atoms with Crippen LogP contribution in [0.15, 0.2) is 36.5 Å². The van der Waals surface area contributed by atoms with E-state index in [1.165, 1.54) is 0 Å². The van der Waals surface area contributed by atoms with Crippen molar-refractivity contribution in [1.29, 1.82) is 0 Å². The van der Waals surface area contributed by atoms with E-state index in [9.17, 15) is 4.79 Å². The van der Waals surface area contributed by atoms with E-state index in [-0.39, 0.29) is 0 Å². The molecule has 0 saturated heterocycles. The second-order valence-corrected chi connectivity index (χ2v) is 3.68. The van der Waals surface area contributed by atoms with Gasteiger partial charge in [-0.3, -0.25) is 4.79 Å². The highest BCUT2D eigenvalue weighted by Gasteiger charge is 2.07. The van der Waals surface area contributed by atoms with Crippen molar-refractivity contribution in [1.82, 2.24) is 9.78 Å². The van der Waals surface area contributed by atoms with Gasteiger partial charge in [-0.05, 0) is 18.6 Å².